The van der Waals surface area contributed by atoms with Gasteiger partial charge in [-0.25, -0.2) is 0 Å². The molecule has 0 N–H and O–H groups in total. The van der Waals surface area contributed by atoms with E-state index in [1.165, 1.54) is 0 Å². The molecule has 0 amide bonds. The molecule has 1 aliphatic heterocycles. The summed E-state index contributed by atoms with van der Waals surface area (Å²) in [5, 5.41) is 12.0. The lowest BCUT2D eigenvalue weighted by atomic mass is 9.79. The Morgan fingerprint density at radius 1 is 1.28 bits per heavy atom. The Bertz CT molecular complexity index is 641. The van der Waals surface area contributed by atoms with Crippen LogP contribution in [0.2, 0.25) is 0 Å². The first-order valence-corrected chi connectivity index (χ1v) is 9.22. The van der Waals surface area contributed by atoms with Gasteiger partial charge in [-0.1, -0.05) is 19.8 Å². The largest absolute Gasteiger partial charge is 0.861 e. The van der Waals surface area contributed by atoms with E-state index in [9.17, 15) is 31.5 Å². The molecule has 0 radical (unpaired) electrons. The van der Waals surface area contributed by atoms with Gasteiger partial charge >= 0.3 is 21.5 Å². The minimum atomic E-state index is -5.92. The van der Waals surface area contributed by atoms with E-state index >= 15 is 0 Å². The third-order valence-electron chi connectivity index (χ3n) is 4.35. The number of nitrogens with zero attached hydrogens (tertiary/aromatic N) is 1. The van der Waals surface area contributed by atoms with Gasteiger partial charge in [-0.2, -0.15) is 26.0 Å². The van der Waals surface area contributed by atoms with Crippen molar-refractivity contribution < 1.29 is 41.0 Å². The summed E-state index contributed by atoms with van der Waals surface area (Å²) in [6.07, 6.45) is 1.42. The number of hydrogen-bond donors (Lipinski definition) is 0. The van der Waals surface area contributed by atoms with Crippen molar-refractivity contribution in [2.75, 3.05) is 19.8 Å². The molecule has 25 heavy (non-hydrogen) atoms. The third-order valence-corrected chi connectivity index (χ3v) is 5.36. The lowest BCUT2D eigenvalue weighted by molar-refractivity contribution is -0.227. The number of sulfonamides is 1. The maximum absolute atomic E-state index is 12.4. The van der Waals surface area contributed by atoms with Gasteiger partial charge in [0.05, 0.1) is 19.1 Å². The van der Waals surface area contributed by atoms with Crippen molar-refractivity contribution in [2.45, 2.75) is 38.1 Å². The maximum atomic E-state index is 12.4. The Labute approximate surface area is 143 Å². The second-order valence-electron chi connectivity index (χ2n) is 6.76. The molecule has 0 aromatic rings. The summed E-state index contributed by atoms with van der Waals surface area (Å²) < 4.78 is 71.8. The third kappa shape index (κ3) is 4.63. The summed E-state index contributed by atoms with van der Waals surface area (Å²) in [7, 11) is -5.92. The molecule has 0 bridgehead atoms. The zero-order chi connectivity index (χ0) is 18.9. The molecule has 0 aromatic carbocycles. The summed E-state index contributed by atoms with van der Waals surface area (Å²) in [5.41, 5.74) is -5.96. The first-order valence-electron chi connectivity index (χ1n) is 7.78. The van der Waals surface area contributed by atoms with Crippen molar-refractivity contribution in [1.29, 1.82) is 0 Å². The van der Waals surface area contributed by atoms with Gasteiger partial charge < -0.3 is 14.6 Å². The molecule has 1 saturated heterocycles. The Kier molecular flexibility index (Phi) is 5.67. The predicted molar refractivity (Wildman–Crippen MR) is 77.7 cm³/mol. The minimum absolute atomic E-state index is 0.0707. The lowest BCUT2D eigenvalue weighted by Gasteiger charge is -2.38. The molecule has 2 atom stereocenters. The SMILES string of the molecule is CC1(COC(=O)C2CCCCC2/C([O-])=N/S(=O)(=O)C(F)(F)F)COC1. The van der Waals surface area contributed by atoms with Crippen molar-refractivity contribution in [3.05, 3.63) is 0 Å². The minimum Gasteiger partial charge on any atom is -0.861 e. The molecule has 144 valence electrons. The standard InChI is InChI=1S/C14H20F3NO6S/c1-13(6-23-7-13)8-24-12(20)10-5-3-2-4-9(10)11(19)18-25(21,22)14(15,16)17/h9-10H,2-8H2,1H3,(H,18,19)/p-1. The molecule has 1 aliphatic carbocycles. The molecular weight excluding hydrogens is 367 g/mol. The van der Waals surface area contributed by atoms with Crippen LogP contribution in [0, 0.1) is 17.3 Å². The van der Waals surface area contributed by atoms with Crippen molar-refractivity contribution in [2.24, 2.45) is 21.6 Å². The quantitative estimate of drug-likeness (QED) is 0.396. The van der Waals surface area contributed by atoms with Crippen molar-refractivity contribution >= 4 is 21.9 Å². The van der Waals surface area contributed by atoms with Crippen LogP contribution in [0.3, 0.4) is 0 Å². The van der Waals surface area contributed by atoms with Gasteiger partial charge in [0.1, 0.15) is 6.61 Å². The Hall–Kier alpha value is -1.36. The molecule has 7 nitrogen and oxygen atoms in total. The molecule has 1 heterocycles. The van der Waals surface area contributed by atoms with E-state index in [2.05, 4.69) is 4.40 Å². The highest BCUT2D eigenvalue weighted by atomic mass is 32.2. The highest BCUT2D eigenvalue weighted by Gasteiger charge is 2.46. The number of halogens is 3. The molecule has 2 rings (SSSR count). The highest BCUT2D eigenvalue weighted by molar-refractivity contribution is 7.91. The lowest BCUT2D eigenvalue weighted by Crippen LogP contribution is -2.46. The van der Waals surface area contributed by atoms with Crippen LogP contribution in [0.1, 0.15) is 32.6 Å². The van der Waals surface area contributed by atoms with Crippen LogP contribution < -0.4 is 5.11 Å². The van der Waals surface area contributed by atoms with E-state index in [1.54, 1.807) is 0 Å². The van der Waals surface area contributed by atoms with Gasteiger partial charge in [0, 0.05) is 11.3 Å². The smallest absolute Gasteiger partial charge is 0.518 e. The normalized spacial score (nSPS) is 27.4. The second kappa shape index (κ2) is 7.10. The molecule has 0 aromatic heterocycles. The number of ether oxygens (including phenoxy) is 2. The van der Waals surface area contributed by atoms with E-state index in [-0.39, 0.29) is 24.9 Å². The van der Waals surface area contributed by atoms with Gasteiger partial charge in [-0.3, -0.25) is 4.79 Å². The predicted octanol–water partition coefficient (Wildman–Crippen LogP) is 0.981. The number of carbonyl (C=O) groups excluding carboxylic acids is 1. The van der Waals surface area contributed by atoms with Crippen molar-refractivity contribution in [1.82, 2.24) is 0 Å². The molecule has 0 spiro atoms. The summed E-state index contributed by atoms with van der Waals surface area (Å²) >= 11 is 0. The maximum Gasteiger partial charge on any atom is 0.518 e. The fraction of sp³-hybridized carbons (Fsp3) is 0.857. The molecule has 2 unspecified atom stereocenters. The Balaban J connectivity index is 2.10. The molecule has 11 heteroatoms. The van der Waals surface area contributed by atoms with E-state index < -0.39 is 39.2 Å². The van der Waals surface area contributed by atoms with E-state index in [0.717, 1.165) is 0 Å². The van der Waals surface area contributed by atoms with Crippen molar-refractivity contribution in [3.63, 3.8) is 0 Å². The number of hydrogen-bond acceptors (Lipinski definition) is 6. The summed E-state index contributed by atoms with van der Waals surface area (Å²) in [4.78, 5) is 12.2. The number of rotatable bonds is 5. The van der Waals surface area contributed by atoms with Crippen LogP contribution in [0.25, 0.3) is 0 Å². The van der Waals surface area contributed by atoms with Crippen LogP contribution in [-0.4, -0.2) is 45.6 Å². The van der Waals surface area contributed by atoms with Gasteiger partial charge in [0.2, 0.25) is 0 Å². The van der Waals surface area contributed by atoms with E-state index in [1.807, 2.05) is 6.92 Å². The average Bonchev–Trinajstić information content (AvgIpc) is 2.49. The van der Waals surface area contributed by atoms with Gasteiger partial charge in [0.25, 0.3) is 0 Å². The topological polar surface area (TPSA) is 105 Å². The summed E-state index contributed by atoms with van der Waals surface area (Å²) in [6.45, 7) is 2.76. The van der Waals surface area contributed by atoms with Crippen molar-refractivity contribution in [3.8, 4) is 0 Å². The van der Waals surface area contributed by atoms with Gasteiger partial charge in [-0.15, -0.1) is 0 Å². The number of esters is 1. The zero-order valence-electron chi connectivity index (χ0n) is 13.5. The number of alkyl halides is 3. The number of carbonyl (C=O) groups is 1. The van der Waals surface area contributed by atoms with Crippen LogP contribution in [0.5, 0.6) is 0 Å². The van der Waals surface area contributed by atoms with Crippen LogP contribution in [0.15, 0.2) is 4.40 Å². The van der Waals surface area contributed by atoms with Crippen LogP contribution in [0.4, 0.5) is 13.2 Å². The van der Waals surface area contributed by atoms with Gasteiger partial charge in [-0.05, 0) is 18.7 Å². The fourth-order valence-corrected chi connectivity index (χ4v) is 3.31. The molecule has 2 aliphatic rings. The van der Waals surface area contributed by atoms with Crippen LogP contribution in [-0.2, 0) is 24.3 Å². The Morgan fingerprint density at radius 2 is 1.84 bits per heavy atom. The monoisotopic (exact) mass is 386 g/mol. The van der Waals surface area contributed by atoms with E-state index in [4.69, 9.17) is 9.47 Å². The fourth-order valence-electron chi connectivity index (χ4n) is 2.83. The van der Waals surface area contributed by atoms with Crippen LogP contribution >= 0.6 is 0 Å². The molecular formula is C14H19F3NO6S-. The van der Waals surface area contributed by atoms with Gasteiger partial charge in [0.15, 0.2) is 0 Å². The summed E-state index contributed by atoms with van der Waals surface area (Å²) in [6, 6.07) is 0. The molecule has 1 saturated carbocycles. The highest BCUT2D eigenvalue weighted by Crippen LogP contribution is 2.34. The van der Waals surface area contributed by atoms with E-state index in [0.29, 0.717) is 26.1 Å². The first-order chi connectivity index (χ1) is 11.5. The molecule has 2 fully saturated rings. The second-order valence-corrected chi connectivity index (χ2v) is 8.35. The summed E-state index contributed by atoms with van der Waals surface area (Å²) in [5.74, 6) is -4.37. The average molecular weight is 386 g/mol. The Morgan fingerprint density at radius 3 is 2.32 bits per heavy atom. The zero-order valence-corrected chi connectivity index (χ0v) is 14.4. The first kappa shape index (κ1) is 20.0.